The summed E-state index contributed by atoms with van der Waals surface area (Å²) in [5.74, 6) is -2.09. The molecule has 6 N–H and O–H groups in total. The van der Waals surface area contributed by atoms with E-state index in [1.807, 2.05) is 0 Å². The summed E-state index contributed by atoms with van der Waals surface area (Å²) >= 11 is 5.45. The quantitative estimate of drug-likeness (QED) is 0.152. The number of carbonyl (C=O) groups excluding carboxylic acids is 1. The number of carboxylic acid groups (broad SMARTS) is 1. The van der Waals surface area contributed by atoms with Gasteiger partial charge in [-0.1, -0.05) is 24.3 Å². The van der Waals surface area contributed by atoms with Crippen molar-refractivity contribution in [3.8, 4) is 5.75 Å². The number of nitrogens with two attached hydrogens (primary N) is 1. The van der Waals surface area contributed by atoms with Crippen LogP contribution in [0.4, 0.5) is 11.4 Å². The number of alkyl halides is 1. The summed E-state index contributed by atoms with van der Waals surface area (Å²) in [5.41, 5.74) is 6.32. The second-order valence-electron chi connectivity index (χ2n) is 7.48. The van der Waals surface area contributed by atoms with E-state index in [0.29, 0.717) is 5.56 Å². The predicted molar refractivity (Wildman–Crippen MR) is 138 cm³/mol. The molecular formula is C23H23ClN2O9S2. The molecule has 0 radical (unpaired) electrons. The van der Waals surface area contributed by atoms with E-state index < -0.39 is 36.7 Å². The van der Waals surface area contributed by atoms with Crippen LogP contribution in [0.5, 0.6) is 5.75 Å². The lowest BCUT2D eigenvalue weighted by atomic mass is 10.1. The van der Waals surface area contributed by atoms with Crippen LogP contribution in [0, 0.1) is 0 Å². The summed E-state index contributed by atoms with van der Waals surface area (Å²) < 4.78 is 54.8. The van der Waals surface area contributed by atoms with Gasteiger partial charge in [-0.15, -0.1) is 11.6 Å². The van der Waals surface area contributed by atoms with Crippen LogP contribution in [0.2, 0.25) is 0 Å². The zero-order valence-corrected chi connectivity index (χ0v) is 21.4. The third-order valence-electron chi connectivity index (χ3n) is 4.67. The van der Waals surface area contributed by atoms with E-state index in [0.717, 1.165) is 6.07 Å². The number of nitrogens with one attached hydrogen (secondary N) is 1. The largest absolute Gasteiger partial charge is 0.507 e. The first-order valence-corrected chi connectivity index (χ1v) is 14.1. The van der Waals surface area contributed by atoms with Gasteiger partial charge in [0, 0.05) is 17.1 Å². The van der Waals surface area contributed by atoms with Crippen molar-refractivity contribution >= 4 is 54.8 Å². The molecule has 3 aromatic rings. The maximum absolute atomic E-state index is 12.3. The first kappa shape index (κ1) is 29.6. The summed E-state index contributed by atoms with van der Waals surface area (Å²) in [5, 5.41) is 19.8. The van der Waals surface area contributed by atoms with Crippen molar-refractivity contribution in [1.29, 1.82) is 0 Å². The molecule has 0 heterocycles. The number of para-hydroxylation sites is 1. The summed E-state index contributed by atoms with van der Waals surface area (Å²) in [6, 6.07) is 15.4. The topological polar surface area (TPSA) is 201 Å². The third-order valence-corrected chi connectivity index (χ3v) is 7.61. The van der Waals surface area contributed by atoms with Crippen molar-refractivity contribution < 1.29 is 41.2 Å². The standard InChI is InChI=1S/C16H17ClN2O6S2.C7H6O3/c17-7-8-26(21,22)10-11-1-3-12(4-2-11)16(20)19-13-5-6-15(14(18)9-13)27(23,24)25;8-6-4-2-1-3-5(6)7(9)10/h1-6,9H,7-8,10,18H2,(H,19,20)(H,23,24,25);1-4,8H,(H,9,10). The number of hydrogen-bond acceptors (Lipinski definition) is 8. The number of aromatic hydroxyl groups is 1. The monoisotopic (exact) mass is 570 g/mol. The molecule has 0 bridgehead atoms. The van der Waals surface area contributed by atoms with Crippen LogP contribution in [-0.4, -0.2) is 55.1 Å². The molecule has 0 aliphatic heterocycles. The van der Waals surface area contributed by atoms with Crippen molar-refractivity contribution in [3.05, 3.63) is 83.4 Å². The fraction of sp³-hybridized carbons (Fsp3) is 0.130. The lowest BCUT2D eigenvalue weighted by Crippen LogP contribution is -2.13. The molecule has 1 amide bonds. The first-order valence-electron chi connectivity index (χ1n) is 10.3. The molecule has 3 aromatic carbocycles. The Bertz CT molecular complexity index is 1490. The molecule has 0 aliphatic carbocycles. The number of sulfone groups is 1. The Kier molecular flexibility index (Phi) is 10.0. The summed E-state index contributed by atoms with van der Waals surface area (Å²) in [4.78, 5) is 22.1. The smallest absolute Gasteiger partial charge is 0.339 e. The molecule has 14 heteroatoms. The summed E-state index contributed by atoms with van der Waals surface area (Å²) in [6.07, 6.45) is 0. The number of amides is 1. The fourth-order valence-corrected chi connectivity index (χ4v) is 5.30. The van der Waals surface area contributed by atoms with E-state index in [-0.39, 0.29) is 45.6 Å². The Balaban J connectivity index is 0.000000402. The van der Waals surface area contributed by atoms with Crippen molar-refractivity contribution in [2.24, 2.45) is 0 Å². The van der Waals surface area contributed by atoms with Crippen molar-refractivity contribution in [1.82, 2.24) is 0 Å². The second kappa shape index (κ2) is 12.5. The minimum Gasteiger partial charge on any atom is -0.507 e. The molecule has 0 spiro atoms. The van der Waals surface area contributed by atoms with E-state index >= 15 is 0 Å². The SMILES string of the molecule is Nc1cc(NC(=O)c2ccc(CS(=O)(=O)CCCl)cc2)ccc1S(=O)(=O)O.O=C(O)c1ccccc1O. The van der Waals surface area contributed by atoms with E-state index in [1.165, 1.54) is 48.5 Å². The molecule has 3 rings (SSSR count). The van der Waals surface area contributed by atoms with Gasteiger partial charge in [-0.25, -0.2) is 13.2 Å². The van der Waals surface area contributed by atoms with Crippen LogP contribution >= 0.6 is 11.6 Å². The maximum atomic E-state index is 12.3. The zero-order chi connectivity index (χ0) is 27.8. The Hall–Kier alpha value is -3.65. The average Bonchev–Trinajstić information content (AvgIpc) is 2.79. The summed E-state index contributed by atoms with van der Waals surface area (Å²) in [6.45, 7) is 0. The molecule has 11 nitrogen and oxygen atoms in total. The maximum Gasteiger partial charge on any atom is 0.339 e. The van der Waals surface area contributed by atoms with E-state index in [9.17, 15) is 26.4 Å². The highest BCUT2D eigenvalue weighted by molar-refractivity contribution is 7.90. The van der Waals surface area contributed by atoms with E-state index in [4.69, 9.17) is 32.1 Å². The lowest BCUT2D eigenvalue weighted by Gasteiger charge is -2.09. The van der Waals surface area contributed by atoms with Crippen LogP contribution < -0.4 is 11.1 Å². The number of phenols is 1. The number of aromatic carboxylic acids is 1. The highest BCUT2D eigenvalue weighted by Crippen LogP contribution is 2.23. The number of anilines is 2. The van der Waals surface area contributed by atoms with Gasteiger partial charge in [0.1, 0.15) is 16.2 Å². The van der Waals surface area contributed by atoms with E-state index in [1.54, 1.807) is 12.1 Å². The average molecular weight is 571 g/mol. The summed E-state index contributed by atoms with van der Waals surface area (Å²) in [7, 11) is -7.75. The third kappa shape index (κ3) is 9.06. The minimum atomic E-state index is -4.45. The molecule has 0 saturated carbocycles. The molecule has 0 atom stereocenters. The molecule has 198 valence electrons. The number of halogens is 1. The van der Waals surface area contributed by atoms with Gasteiger partial charge in [0.2, 0.25) is 0 Å². The molecule has 0 saturated heterocycles. The van der Waals surface area contributed by atoms with Crippen LogP contribution in [0.25, 0.3) is 0 Å². The number of hydrogen-bond donors (Lipinski definition) is 5. The molecule has 37 heavy (non-hydrogen) atoms. The molecule has 0 aliphatic rings. The van der Waals surface area contributed by atoms with Crippen LogP contribution in [0.15, 0.2) is 71.6 Å². The number of rotatable bonds is 8. The van der Waals surface area contributed by atoms with Crippen LogP contribution in [0.1, 0.15) is 26.3 Å². The van der Waals surface area contributed by atoms with Gasteiger partial charge in [-0.05, 0) is 48.0 Å². The minimum absolute atomic E-state index is 0.0162. The lowest BCUT2D eigenvalue weighted by molar-refractivity contribution is 0.0693. The second-order valence-corrected chi connectivity index (χ2v) is 11.4. The Morgan fingerprint density at radius 3 is 2.05 bits per heavy atom. The predicted octanol–water partition coefficient (Wildman–Crippen LogP) is 3.01. The number of nitrogen functional groups attached to an aromatic ring is 1. The van der Waals surface area contributed by atoms with Crippen LogP contribution in [-0.2, 0) is 25.7 Å². The van der Waals surface area contributed by atoms with Crippen molar-refractivity contribution in [3.63, 3.8) is 0 Å². The zero-order valence-electron chi connectivity index (χ0n) is 19.0. The first-order chi connectivity index (χ1) is 17.2. The van der Waals surface area contributed by atoms with Gasteiger partial charge in [0.05, 0.1) is 17.2 Å². The Morgan fingerprint density at radius 1 is 0.946 bits per heavy atom. The number of carbonyl (C=O) groups is 2. The molecular weight excluding hydrogens is 548 g/mol. The number of benzene rings is 3. The van der Waals surface area contributed by atoms with Gasteiger partial charge in [-0.3, -0.25) is 9.35 Å². The highest BCUT2D eigenvalue weighted by atomic mass is 35.5. The molecule has 0 fully saturated rings. The van der Waals surface area contributed by atoms with E-state index in [2.05, 4.69) is 5.32 Å². The highest BCUT2D eigenvalue weighted by Gasteiger charge is 2.16. The van der Waals surface area contributed by atoms with Crippen LogP contribution in [0.3, 0.4) is 0 Å². The number of carboxylic acids is 1. The van der Waals surface area contributed by atoms with Crippen molar-refractivity contribution in [2.75, 3.05) is 22.7 Å². The Labute approximate surface area is 218 Å². The van der Waals surface area contributed by atoms with Gasteiger partial charge in [0.25, 0.3) is 16.0 Å². The van der Waals surface area contributed by atoms with Gasteiger partial charge in [0.15, 0.2) is 9.84 Å². The van der Waals surface area contributed by atoms with Gasteiger partial charge >= 0.3 is 5.97 Å². The Morgan fingerprint density at radius 2 is 1.57 bits per heavy atom. The molecule has 0 aromatic heterocycles. The van der Waals surface area contributed by atoms with Crippen molar-refractivity contribution in [2.45, 2.75) is 10.6 Å². The van der Waals surface area contributed by atoms with Gasteiger partial charge in [-0.2, -0.15) is 8.42 Å². The normalized spacial score (nSPS) is 11.2. The van der Waals surface area contributed by atoms with Gasteiger partial charge < -0.3 is 21.3 Å². The fourth-order valence-electron chi connectivity index (χ4n) is 2.91. The molecule has 0 unspecified atom stereocenters.